The molecule has 1 unspecified atom stereocenters. The zero-order chi connectivity index (χ0) is 13.8. The number of benzene rings is 1. The molecule has 0 amide bonds. The second kappa shape index (κ2) is 6.03. The van der Waals surface area contributed by atoms with Crippen LogP contribution in [-0.4, -0.2) is 35.2 Å². The molecular weight excluding hydrogens is 254 g/mol. The summed E-state index contributed by atoms with van der Waals surface area (Å²) in [5, 5.41) is 3.10. The maximum Gasteiger partial charge on any atom is 0.240 e. The summed E-state index contributed by atoms with van der Waals surface area (Å²) in [4.78, 5) is 0.146. The van der Waals surface area contributed by atoms with Gasteiger partial charge in [0.2, 0.25) is 10.0 Å². The van der Waals surface area contributed by atoms with Gasteiger partial charge in [0.15, 0.2) is 0 Å². The van der Waals surface area contributed by atoms with Crippen molar-refractivity contribution in [3.05, 3.63) is 18.2 Å². The Bertz CT molecular complexity index is 502. The van der Waals surface area contributed by atoms with Crippen LogP contribution in [0.15, 0.2) is 23.1 Å². The van der Waals surface area contributed by atoms with Crippen molar-refractivity contribution in [2.45, 2.75) is 17.9 Å². The van der Waals surface area contributed by atoms with Crippen LogP contribution in [0.4, 0.5) is 11.4 Å². The molecule has 18 heavy (non-hydrogen) atoms. The van der Waals surface area contributed by atoms with E-state index in [4.69, 9.17) is 10.5 Å². The number of hydrogen-bond donors (Lipinski definition) is 3. The number of nitrogens with one attached hydrogen (secondary N) is 2. The van der Waals surface area contributed by atoms with Gasteiger partial charge in [0.1, 0.15) is 0 Å². The highest BCUT2D eigenvalue weighted by Gasteiger charge is 2.13. The second-order valence-electron chi connectivity index (χ2n) is 3.88. The van der Waals surface area contributed by atoms with Crippen LogP contribution in [0.1, 0.15) is 6.92 Å². The zero-order valence-electron chi connectivity index (χ0n) is 10.7. The predicted octanol–water partition coefficient (Wildman–Crippen LogP) is 0.624. The molecule has 0 aliphatic heterocycles. The van der Waals surface area contributed by atoms with Crippen molar-refractivity contribution in [1.82, 2.24) is 4.72 Å². The van der Waals surface area contributed by atoms with Crippen molar-refractivity contribution in [3.8, 4) is 0 Å². The third-order valence-corrected chi connectivity index (χ3v) is 4.00. The van der Waals surface area contributed by atoms with Gasteiger partial charge < -0.3 is 15.8 Å². The summed E-state index contributed by atoms with van der Waals surface area (Å²) in [7, 11) is -0.473. The standard InChI is InChI=1S/C11H19N3O3S/c1-8(17-3)7-14-11-5-4-9(6-10(11)12)18(15,16)13-2/h4-6,8,13-14H,7,12H2,1-3H3. The van der Waals surface area contributed by atoms with Gasteiger partial charge in [-0.2, -0.15) is 0 Å². The fourth-order valence-corrected chi connectivity index (χ4v) is 2.09. The molecule has 7 heteroatoms. The lowest BCUT2D eigenvalue weighted by Gasteiger charge is -2.14. The summed E-state index contributed by atoms with van der Waals surface area (Å²) in [6, 6.07) is 4.57. The van der Waals surface area contributed by atoms with E-state index in [1.165, 1.54) is 19.2 Å². The Kier molecular flexibility index (Phi) is 4.94. The SMILES string of the molecule is CNS(=O)(=O)c1ccc(NCC(C)OC)c(N)c1. The maximum atomic E-state index is 11.6. The van der Waals surface area contributed by atoms with Gasteiger partial charge in [0.25, 0.3) is 0 Å². The van der Waals surface area contributed by atoms with E-state index < -0.39 is 10.0 Å². The van der Waals surface area contributed by atoms with Crippen LogP contribution in [0.2, 0.25) is 0 Å². The molecule has 6 nitrogen and oxygen atoms in total. The predicted molar refractivity (Wildman–Crippen MR) is 72.1 cm³/mol. The first kappa shape index (κ1) is 14.7. The van der Waals surface area contributed by atoms with E-state index in [0.717, 1.165) is 0 Å². The van der Waals surface area contributed by atoms with E-state index in [1.54, 1.807) is 13.2 Å². The molecule has 0 aliphatic rings. The topological polar surface area (TPSA) is 93.5 Å². The van der Waals surface area contributed by atoms with E-state index in [9.17, 15) is 8.42 Å². The number of hydrogen-bond acceptors (Lipinski definition) is 5. The Morgan fingerprint density at radius 1 is 1.44 bits per heavy atom. The van der Waals surface area contributed by atoms with Crippen molar-refractivity contribution >= 4 is 21.4 Å². The molecule has 1 aromatic carbocycles. The first-order valence-electron chi connectivity index (χ1n) is 5.50. The number of nitrogen functional groups attached to an aromatic ring is 1. The molecule has 1 aromatic rings. The average Bonchev–Trinajstić information content (AvgIpc) is 2.36. The van der Waals surface area contributed by atoms with Crippen LogP contribution in [0.5, 0.6) is 0 Å². The van der Waals surface area contributed by atoms with Crippen LogP contribution in [0, 0.1) is 0 Å². The molecule has 1 atom stereocenters. The molecule has 0 saturated carbocycles. The molecule has 0 heterocycles. The van der Waals surface area contributed by atoms with Crippen LogP contribution >= 0.6 is 0 Å². The summed E-state index contributed by atoms with van der Waals surface area (Å²) < 4.78 is 30.5. The van der Waals surface area contributed by atoms with Gasteiger partial charge in [-0.1, -0.05) is 0 Å². The normalized spacial score (nSPS) is 13.3. The highest BCUT2D eigenvalue weighted by atomic mass is 32.2. The number of sulfonamides is 1. The van der Waals surface area contributed by atoms with Crippen molar-refractivity contribution in [2.24, 2.45) is 0 Å². The third kappa shape index (κ3) is 3.59. The van der Waals surface area contributed by atoms with Crippen LogP contribution in [0.25, 0.3) is 0 Å². The van der Waals surface area contributed by atoms with Gasteiger partial charge in [0, 0.05) is 13.7 Å². The van der Waals surface area contributed by atoms with Crippen molar-refractivity contribution in [2.75, 3.05) is 31.8 Å². The molecule has 0 spiro atoms. The summed E-state index contributed by atoms with van der Waals surface area (Å²) in [5.41, 5.74) is 6.88. The van der Waals surface area contributed by atoms with Gasteiger partial charge in [-0.15, -0.1) is 0 Å². The molecule has 0 radical (unpaired) electrons. The average molecular weight is 273 g/mol. The molecule has 0 aliphatic carbocycles. The summed E-state index contributed by atoms with van der Waals surface area (Å²) >= 11 is 0. The zero-order valence-corrected chi connectivity index (χ0v) is 11.5. The minimum absolute atomic E-state index is 0.0464. The monoisotopic (exact) mass is 273 g/mol. The van der Waals surface area contributed by atoms with E-state index in [1.807, 2.05) is 6.92 Å². The van der Waals surface area contributed by atoms with Crippen LogP contribution in [-0.2, 0) is 14.8 Å². The Hall–Kier alpha value is -1.31. The number of rotatable bonds is 6. The molecular formula is C11H19N3O3S. The molecule has 0 saturated heterocycles. The summed E-state index contributed by atoms with van der Waals surface area (Å²) in [6.45, 7) is 2.52. The highest BCUT2D eigenvalue weighted by molar-refractivity contribution is 7.89. The number of ether oxygens (including phenoxy) is 1. The first-order chi connectivity index (χ1) is 8.40. The Morgan fingerprint density at radius 2 is 2.11 bits per heavy atom. The second-order valence-corrected chi connectivity index (χ2v) is 5.77. The Morgan fingerprint density at radius 3 is 2.61 bits per heavy atom. The van der Waals surface area contributed by atoms with Gasteiger partial charge in [-0.3, -0.25) is 0 Å². The smallest absolute Gasteiger partial charge is 0.240 e. The molecule has 0 bridgehead atoms. The lowest BCUT2D eigenvalue weighted by Crippen LogP contribution is -2.20. The molecule has 102 valence electrons. The van der Waals surface area contributed by atoms with Crippen molar-refractivity contribution in [3.63, 3.8) is 0 Å². The summed E-state index contributed by atoms with van der Waals surface area (Å²) in [6.07, 6.45) is 0.0464. The molecule has 0 aromatic heterocycles. The largest absolute Gasteiger partial charge is 0.397 e. The van der Waals surface area contributed by atoms with Gasteiger partial charge in [-0.25, -0.2) is 13.1 Å². The lowest BCUT2D eigenvalue weighted by molar-refractivity contribution is 0.129. The van der Waals surface area contributed by atoms with E-state index in [-0.39, 0.29) is 11.0 Å². The number of nitrogens with two attached hydrogens (primary N) is 1. The molecule has 4 N–H and O–H groups in total. The van der Waals surface area contributed by atoms with E-state index >= 15 is 0 Å². The fourth-order valence-electron chi connectivity index (χ4n) is 1.32. The summed E-state index contributed by atoms with van der Waals surface area (Å²) in [5.74, 6) is 0. The fraction of sp³-hybridized carbons (Fsp3) is 0.455. The maximum absolute atomic E-state index is 11.6. The van der Waals surface area contributed by atoms with Gasteiger partial charge in [0.05, 0.1) is 22.4 Å². The Balaban J connectivity index is 2.87. The van der Waals surface area contributed by atoms with E-state index in [2.05, 4.69) is 10.0 Å². The number of methoxy groups -OCH3 is 1. The van der Waals surface area contributed by atoms with Crippen molar-refractivity contribution in [1.29, 1.82) is 0 Å². The number of anilines is 2. The van der Waals surface area contributed by atoms with Crippen LogP contribution in [0.3, 0.4) is 0 Å². The Labute approximate surface area is 108 Å². The minimum Gasteiger partial charge on any atom is -0.397 e. The minimum atomic E-state index is -3.46. The van der Waals surface area contributed by atoms with Gasteiger partial charge in [-0.05, 0) is 32.2 Å². The van der Waals surface area contributed by atoms with E-state index in [0.29, 0.717) is 17.9 Å². The van der Waals surface area contributed by atoms with Gasteiger partial charge >= 0.3 is 0 Å². The molecule has 0 fully saturated rings. The molecule has 1 rings (SSSR count). The highest BCUT2D eigenvalue weighted by Crippen LogP contribution is 2.22. The van der Waals surface area contributed by atoms with Crippen molar-refractivity contribution < 1.29 is 13.2 Å². The quantitative estimate of drug-likeness (QED) is 0.661. The first-order valence-corrected chi connectivity index (χ1v) is 6.98. The lowest BCUT2D eigenvalue weighted by atomic mass is 10.2. The third-order valence-electron chi connectivity index (χ3n) is 2.58. The van der Waals surface area contributed by atoms with Crippen LogP contribution < -0.4 is 15.8 Å².